The van der Waals surface area contributed by atoms with Gasteiger partial charge in [-0.3, -0.25) is 15.5 Å². The highest BCUT2D eigenvalue weighted by molar-refractivity contribution is 5.93. The summed E-state index contributed by atoms with van der Waals surface area (Å²) < 4.78 is 6.79. The second-order valence-electron chi connectivity index (χ2n) is 5.78. The molecule has 0 bridgehead atoms. The van der Waals surface area contributed by atoms with Gasteiger partial charge in [-0.2, -0.15) is 5.26 Å². The number of pyridine rings is 2. The van der Waals surface area contributed by atoms with Crippen molar-refractivity contribution in [2.75, 3.05) is 0 Å². The zero-order chi connectivity index (χ0) is 19.1. The third-order valence-electron chi connectivity index (χ3n) is 4.29. The van der Waals surface area contributed by atoms with Crippen molar-refractivity contribution in [2.24, 2.45) is 0 Å². The van der Waals surface area contributed by atoms with Crippen molar-refractivity contribution in [1.29, 1.82) is 10.7 Å². The fraction of sp³-hybridized carbons (Fsp3) is 0. The lowest BCUT2D eigenvalue weighted by Gasteiger charge is -2.09. The number of nitriles is 1. The Kier molecular flexibility index (Phi) is 3.56. The molecule has 0 saturated heterocycles. The number of nitro benzene ring substituents is 1. The Balaban J connectivity index is 2.08. The van der Waals surface area contributed by atoms with Crippen LogP contribution in [-0.4, -0.2) is 9.32 Å². The first-order valence-electron chi connectivity index (χ1n) is 7.82. The molecule has 1 aromatic carbocycles. The predicted octanol–water partition coefficient (Wildman–Crippen LogP) is 2.97. The molecule has 0 aliphatic carbocycles. The van der Waals surface area contributed by atoms with E-state index < -0.39 is 10.5 Å². The molecule has 0 unspecified atom stereocenters. The molecule has 3 aromatic heterocycles. The number of fused-ring (bicyclic) bond motifs is 2. The van der Waals surface area contributed by atoms with E-state index in [4.69, 9.17) is 9.83 Å². The Hall–Kier alpha value is -4.25. The summed E-state index contributed by atoms with van der Waals surface area (Å²) in [5, 5.41) is 29.1. The van der Waals surface area contributed by atoms with Gasteiger partial charge in [-0.15, -0.1) is 0 Å². The van der Waals surface area contributed by atoms with E-state index in [1.807, 2.05) is 0 Å². The second kappa shape index (κ2) is 5.93. The van der Waals surface area contributed by atoms with Gasteiger partial charge in [0, 0.05) is 29.3 Å². The number of nitrogens with one attached hydrogen (secondary N) is 1. The van der Waals surface area contributed by atoms with E-state index in [0.717, 1.165) is 0 Å². The Labute approximate surface area is 150 Å². The summed E-state index contributed by atoms with van der Waals surface area (Å²) >= 11 is 0. The highest BCUT2D eigenvalue weighted by atomic mass is 16.6. The summed E-state index contributed by atoms with van der Waals surface area (Å²) in [7, 11) is 0. The number of benzene rings is 1. The Bertz CT molecular complexity index is 1390. The highest BCUT2D eigenvalue weighted by Crippen LogP contribution is 2.26. The van der Waals surface area contributed by atoms with E-state index >= 15 is 0 Å². The Morgan fingerprint density at radius 1 is 1.19 bits per heavy atom. The summed E-state index contributed by atoms with van der Waals surface area (Å²) in [6, 6.07) is 14.3. The second-order valence-corrected chi connectivity index (χ2v) is 5.78. The molecule has 0 radical (unpaired) electrons. The fourth-order valence-corrected chi connectivity index (χ4v) is 3.02. The zero-order valence-electron chi connectivity index (χ0n) is 13.7. The first-order chi connectivity index (χ1) is 13.0. The van der Waals surface area contributed by atoms with E-state index in [9.17, 15) is 20.2 Å². The van der Waals surface area contributed by atoms with Gasteiger partial charge in [-0.25, -0.2) is 4.79 Å². The van der Waals surface area contributed by atoms with Gasteiger partial charge in [0.1, 0.15) is 22.7 Å². The van der Waals surface area contributed by atoms with Crippen LogP contribution in [0.4, 0.5) is 5.69 Å². The van der Waals surface area contributed by atoms with Crippen molar-refractivity contribution in [1.82, 2.24) is 4.40 Å². The van der Waals surface area contributed by atoms with Gasteiger partial charge in [0.2, 0.25) is 0 Å². The van der Waals surface area contributed by atoms with Crippen LogP contribution >= 0.6 is 0 Å². The molecule has 0 aliphatic rings. The van der Waals surface area contributed by atoms with Crippen molar-refractivity contribution in [3.63, 3.8) is 0 Å². The van der Waals surface area contributed by atoms with Crippen LogP contribution < -0.4 is 11.1 Å². The summed E-state index contributed by atoms with van der Waals surface area (Å²) in [5.74, 6) is 0.165. The maximum Gasteiger partial charge on any atom is 0.348 e. The lowest BCUT2D eigenvalue weighted by Crippen LogP contribution is -2.21. The maximum atomic E-state index is 12.6. The van der Waals surface area contributed by atoms with Crippen LogP contribution in [0.3, 0.4) is 0 Å². The van der Waals surface area contributed by atoms with Crippen LogP contribution in [0.15, 0.2) is 63.9 Å². The number of non-ortho nitro benzene ring substituents is 1. The van der Waals surface area contributed by atoms with Gasteiger partial charge in [-0.05, 0) is 30.3 Å². The van der Waals surface area contributed by atoms with Gasteiger partial charge in [0.25, 0.3) is 5.69 Å². The number of hydrogen-bond donors (Lipinski definition) is 1. The molecular weight excluding hydrogens is 348 g/mol. The Morgan fingerprint density at radius 2 is 1.93 bits per heavy atom. The SMILES string of the molecule is N#Cc1c2cc(-c3ccc([N+](=O)[O-])cc3)oc(=O)c2c(=N)n2ccccc12. The molecule has 4 rings (SSSR count). The van der Waals surface area contributed by atoms with E-state index in [2.05, 4.69) is 6.07 Å². The van der Waals surface area contributed by atoms with E-state index in [-0.39, 0.29) is 27.9 Å². The molecule has 4 aromatic rings. The summed E-state index contributed by atoms with van der Waals surface area (Å²) in [5.41, 5.74) is 0.283. The first kappa shape index (κ1) is 16.2. The molecule has 8 nitrogen and oxygen atoms in total. The predicted molar refractivity (Wildman–Crippen MR) is 96.1 cm³/mol. The third kappa shape index (κ3) is 2.46. The summed E-state index contributed by atoms with van der Waals surface area (Å²) in [6.07, 6.45) is 1.60. The monoisotopic (exact) mass is 358 g/mol. The van der Waals surface area contributed by atoms with Crippen LogP contribution in [0.2, 0.25) is 0 Å². The average molecular weight is 358 g/mol. The minimum atomic E-state index is -0.749. The topological polar surface area (TPSA) is 125 Å². The van der Waals surface area contributed by atoms with Gasteiger partial charge in [0.05, 0.1) is 16.0 Å². The molecule has 0 atom stereocenters. The lowest BCUT2D eigenvalue weighted by molar-refractivity contribution is -0.384. The van der Waals surface area contributed by atoms with Crippen molar-refractivity contribution < 1.29 is 9.34 Å². The Morgan fingerprint density at radius 3 is 2.59 bits per heavy atom. The number of hydrogen-bond acceptors (Lipinski definition) is 6. The molecule has 0 spiro atoms. The molecular formula is C19H10N4O4. The summed E-state index contributed by atoms with van der Waals surface area (Å²) in [6.45, 7) is 0. The van der Waals surface area contributed by atoms with Crippen molar-refractivity contribution in [3.05, 3.63) is 86.3 Å². The first-order valence-corrected chi connectivity index (χ1v) is 7.82. The average Bonchev–Trinajstić information content (AvgIpc) is 2.68. The zero-order valence-corrected chi connectivity index (χ0v) is 13.7. The van der Waals surface area contributed by atoms with Crippen molar-refractivity contribution >= 4 is 22.0 Å². The van der Waals surface area contributed by atoms with Crippen molar-refractivity contribution in [2.45, 2.75) is 0 Å². The lowest BCUT2D eigenvalue weighted by atomic mass is 10.0. The van der Waals surface area contributed by atoms with Gasteiger partial charge in [0.15, 0.2) is 0 Å². The fourth-order valence-electron chi connectivity index (χ4n) is 3.02. The third-order valence-corrected chi connectivity index (χ3v) is 4.29. The number of rotatable bonds is 2. The molecule has 0 amide bonds. The van der Waals surface area contributed by atoms with Gasteiger partial charge >= 0.3 is 5.63 Å². The minimum Gasteiger partial charge on any atom is -0.422 e. The number of nitro groups is 1. The van der Waals surface area contributed by atoms with Crippen LogP contribution in [0, 0.1) is 26.9 Å². The maximum absolute atomic E-state index is 12.6. The van der Waals surface area contributed by atoms with Gasteiger partial charge in [-0.1, -0.05) is 6.07 Å². The molecule has 3 heterocycles. The smallest absolute Gasteiger partial charge is 0.348 e. The number of nitrogens with zero attached hydrogens (tertiary/aromatic N) is 3. The largest absolute Gasteiger partial charge is 0.422 e. The van der Waals surface area contributed by atoms with E-state index in [0.29, 0.717) is 16.5 Å². The van der Waals surface area contributed by atoms with Crippen LogP contribution in [-0.2, 0) is 0 Å². The van der Waals surface area contributed by atoms with Crippen LogP contribution in [0.1, 0.15) is 5.56 Å². The molecule has 8 heteroatoms. The molecule has 0 aliphatic heterocycles. The van der Waals surface area contributed by atoms with Crippen LogP contribution in [0.25, 0.3) is 27.6 Å². The highest BCUT2D eigenvalue weighted by Gasteiger charge is 2.16. The normalized spacial score (nSPS) is 10.8. The quantitative estimate of drug-likeness (QED) is 0.335. The molecule has 1 N–H and O–H groups in total. The van der Waals surface area contributed by atoms with E-state index in [1.165, 1.54) is 34.7 Å². The van der Waals surface area contributed by atoms with Crippen LogP contribution in [0.5, 0.6) is 0 Å². The van der Waals surface area contributed by atoms with Gasteiger partial charge < -0.3 is 8.82 Å². The van der Waals surface area contributed by atoms with E-state index in [1.54, 1.807) is 24.4 Å². The number of aromatic nitrogens is 1. The molecule has 0 saturated carbocycles. The standard InChI is InChI=1S/C19H10N4O4/c20-10-14-13-9-16(11-4-6-12(7-5-11)23(25)26)27-19(24)17(13)18(21)22-8-2-1-3-15(14)22/h1-9,21H. The van der Waals surface area contributed by atoms with Crippen molar-refractivity contribution in [3.8, 4) is 17.4 Å². The summed E-state index contributed by atoms with van der Waals surface area (Å²) in [4.78, 5) is 22.8. The molecule has 27 heavy (non-hydrogen) atoms. The minimum absolute atomic E-state index is 0.000844. The molecule has 0 fully saturated rings. The molecule has 130 valence electrons.